The van der Waals surface area contributed by atoms with Gasteiger partial charge in [0.2, 0.25) is 0 Å². The Kier molecular flexibility index (Phi) is 4.52. The van der Waals surface area contributed by atoms with Crippen LogP contribution in [0.2, 0.25) is 0 Å². The molecule has 3 rings (SSSR count). The Balaban J connectivity index is 1.63. The molecule has 0 spiro atoms. The summed E-state index contributed by atoms with van der Waals surface area (Å²) in [6, 6.07) is 15.1. The van der Waals surface area contributed by atoms with E-state index in [1.807, 2.05) is 48.7 Å². The van der Waals surface area contributed by atoms with Gasteiger partial charge in [0.05, 0.1) is 0 Å². The number of hydrogen-bond acceptors (Lipinski definition) is 5. The molecule has 0 unspecified atom stereocenters. The van der Waals surface area contributed by atoms with Crippen molar-refractivity contribution in [2.45, 2.75) is 4.90 Å². The maximum Gasteiger partial charge on any atom is 0.395 e. The van der Waals surface area contributed by atoms with E-state index in [4.69, 9.17) is 9.15 Å². The molecule has 6 heteroatoms. The highest BCUT2D eigenvalue weighted by Gasteiger charge is 2.14. The number of para-hydroxylation sites is 2. The fourth-order valence-corrected chi connectivity index (χ4v) is 2.49. The number of carbonyl (C=O) groups excluding carboxylic acids is 1. The van der Waals surface area contributed by atoms with Crippen LogP contribution in [0.1, 0.15) is 0 Å². The quantitative estimate of drug-likeness (QED) is 0.670. The lowest BCUT2D eigenvalue weighted by molar-refractivity contribution is -0.120. The zero-order valence-electron chi connectivity index (χ0n) is 12.9. The monoisotopic (exact) mass is 328 g/mol. The number of thioether (sulfide) groups is 1. The predicted octanol–water partition coefficient (Wildman–Crippen LogP) is 3.59. The summed E-state index contributed by atoms with van der Waals surface area (Å²) in [6.07, 6.45) is 2.11. The van der Waals surface area contributed by atoms with Gasteiger partial charge >= 0.3 is 6.08 Å². The lowest BCUT2D eigenvalue weighted by atomic mass is 10.3. The van der Waals surface area contributed by atoms with Gasteiger partial charge in [-0.1, -0.05) is 12.1 Å². The number of hydrogen-bond donors (Lipinski definition) is 0. The molecule has 0 saturated carbocycles. The van der Waals surface area contributed by atoms with Gasteiger partial charge in [0, 0.05) is 17.6 Å². The van der Waals surface area contributed by atoms with Gasteiger partial charge in [0.25, 0.3) is 5.91 Å². The number of anilines is 1. The minimum atomic E-state index is -0.177. The van der Waals surface area contributed by atoms with Crippen molar-refractivity contribution in [2.75, 3.05) is 24.8 Å². The Labute approximate surface area is 138 Å². The Morgan fingerprint density at radius 1 is 1.22 bits per heavy atom. The van der Waals surface area contributed by atoms with E-state index in [1.165, 1.54) is 0 Å². The number of fused-ring (bicyclic) bond motifs is 1. The average molecular weight is 328 g/mol. The highest BCUT2D eigenvalue weighted by Crippen LogP contribution is 2.21. The molecule has 0 fully saturated rings. The average Bonchev–Trinajstić information content (AvgIpc) is 3.02. The minimum absolute atomic E-state index is 0.102. The summed E-state index contributed by atoms with van der Waals surface area (Å²) in [7, 11) is 1.71. The van der Waals surface area contributed by atoms with Crippen molar-refractivity contribution in [1.29, 1.82) is 0 Å². The second-order valence-electron chi connectivity index (χ2n) is 4.89. The molecule has 1 heterocycles. The molecular weight excluding hydrogens is 312 g/mol. The maximum absolute atomic E-state index is 12.2. The van der Waals surface area contributed by atoms with E-state index >= 15 is 0 Å². The maximum atomic E-state index is 12.2. The molecule has 2 aromatic carbocycles. The minimum Gasteiger partial charge on any atom is -0.440 e. The molecule has 1 amide bonds. The lowest BCUT2D eigenvalue weighted by Gasteiger charge is -2.17. The van der Waals surface area contributed by atoms with Crippen LogP contribution in [0.4, 0.5) is 5.69 Å². The van der Waals surface area contributed by atoms with Crippen molar-refractivity contribution in [3.05, 3.63) is 48.5 Å². The molecule has 0 aliphatic rings. The van der Waals surface area contributed by atoms with Crippen LogP contribution in [0.5, 0.6) is 6.08 Å². The number of carbonyl (C=O) groups is 1. The first kappa shape index (κ1) is 15.4. The number of nitrogens with zero attached hydrogens (tertiary/aromatic N) is 2. The van der Waals surface area contributed by atoms with Crippen LogP contribution in [0.15, 0.2) is 57.8 Å². The van der Waals surface area contributed by atoms with E-state index in [2.05, 4.69) is 4.98 Å². The first-order chi connectivity index (χ1) is 11.2. The molecule has 0 radical (unpaired) electrons. The van der Waals surface area contributed by atoms with Crippen LogP contribution in [0, 0.1) is 0 Å². The van der Waals surface area contributed by atoms with E-state index in [-0.39, 0.29) is 18.6 Å². The van der Waals surface area contributed by atoms with Gasteiger partial charge in [-0.05, 0) is 42.7 Å². The van der Waals surface area contributed by atoms with Crippen LogP contribution < -0.4 is 9.64 Å². The Hall–Kier alpha value is -2.47. The molecule has 118 valence electrons. The van der Waals surface area contributed by atoms with Gasteiger partial charge in [-0.15, -0.1) is 11.8 Å². The summed E-state index contributed by atoms with van der Waals surface area (Å²) in [4.78, 5) is 19.1. The van der Waals surface area contributed by atoms with E-state index < -0.39 is 0 Å². The van der Waals surface area contributed by atoms with Crippen molar-refractivity contribution in [1.82, 2.24) is 4.98 Å². The number of likely N-dealkylation sites (N-methyl/N-ethyl adjacent to an activating group) is 1. The highest BCUT2D eigenvalue weighted by molar-refractivity contribution is 7.98. The van der Waals surface area contributed by atoms with Gasteiger partial charge in [-0.25, -0.2) is 0 Å². The molecule has 23 heavy (non-hydrogen) atoms. The standard InChI is InChI=1S/C17H16N2O3S/c1-19(12-7-9-13(23-2)10-8-12)16(20)11-21-17-18-14-5-3-4-6-15(14)22-17/h3-10H,11H2,1-2H3. The Morgan fingerprint density at radius 3 is 2.65 bits per heavy atom. The summed E-state index contributed by atoms with van der Waals surface area (Å²) in [5.41, 5.74) is 2.15. The van der Waals surface area contributed by atoms with Crippen molar-refractivity contribution in [3.63, 3.8) is 0 Å². The number of oxazole rings is 1. The number of rotatable bonds is 5. The SMILES string of the molecule is CSc1ccc(N(C)C(=O)COc2nc3ccccc3o2)cc1. The van der Waals surface area contributed by atoms with Crippen LogP contribution in [-0.4, -0.2) is 30.8 Å². The van der Waals surface area contributed by atoms with E-state index in [9.17, 15) is 4.79 Å². The van der Waals surface area contributed by atoms with E-state index in [0.29, 0.717) is 11.1 Å². The van der Waals surface area contributed by atoms with E-state index in [1.54, 1.807) is 29.8 Å². The first-order valence-electron chi connectivity index (χ1n) is 7.06. The fraction of sp³-hybridized carbons (Fsp3) is 0.176. The summed E-state index contributed by atoms with van der Waals surface area (Å²) < 4.78 is 10.8. The Morgan fingerprint density at radius 2 is 1.96 bits per heavy atom. The predicted molar refractivity (Wildman–Crippen MR) is 91.1 cm³/mol. The molecule has 0 N–H and O–H groups in total. The molecule has 3 aromatic rings. The lowest BCUT2D eigenvalue weighted by Crippen LogP contribution is -2.31. The molecule has 0 bridgehead atoms. The van der Waals surface area contributed by atoms with Gasteiger partial charge in [0.1, 0.15) is 5.52 Å². The van der Waals surface area contributed by atoms with Gasteiger partial charge in [-0.3, -0.25) is 4.79 Å². The van der Waals surface area contributed by atoms with E-state index in [0.717, 1.165) is 10.6 Å². The third-order valence-electron chi connectivity index (χ3n) is 3.43. The fourth-order valence-electron chi connectivity index (χ4n) is 2.08. The molecule has 1 aromatic heterocycles. The first-order valence-corrected chi connectivity index (χ1v) is 8.29. The number of aromatic nitrogens is 1. The van der Waals surface area contributed by atoms with Gasteiger partial charge in [0.15, 0.2) is 12.2 Å². The molecule has 0 aliphatic carbocycles. The molecular formula is C17H16N2O3S. The summed E-state index contributed by atoms with van der Waals surface area (Å²) in [6.45, 7) is -0.131. The number of amides is 1. The third kappa shape index (κ3) is 3.48. The normalized spacial score (nSPS) is 10.7. The van der Waals surface area contributed by atoms with Crippen LogP contribution in [0.3, 0.4) is 0 Å². The molecule has 0 saturated heterocycles. The van der Waals surface area contributed by atoms with Crippen molar-refractivity contribution in [2.24, 2.45) is 0 Å². The highest BCUT2D eigenvalue weighted by atomic mass is 32.2. The second-order valence-corrected chi connectivity index (χ2v) is 5.77. The molecule has 5 nitrogen and oxygen atoms in total. The zero-order valence-corrected chi connectivity index (χ0v) is 13.7. The van der Waals surface area contributed by atoms with Crippen LogP contribution in [0.25, 0.3) is 11.1 Å². The van der Waals surface area contributed by atoms with Crippen molar-refractivity contribution >= 4 is 34.5 Å². The van der Waals surface area contributed by atoms with Gasteiger partial charge in [-0.2, -0.15) is 4.98 Å². The summed E-state index contributed by atoms with van der Waals surface area (Å²) in [5, 5.41) is 0. The molecule has 0 aliphatic heterocycles. The third-order valence-corrected chi connectivity index (χ3v) is 4.17. The summed E-state index contributed by atoms with van der Waals surface area (Å²) in [5.74, 6) is -0.177. The van der Waals surface area contributed by atoms with Crippen LogP contribution >= 0.6 is 11.8 Å². The zero-order chi connectivity index (χ0) is 16.2. The largest absolute Gasteiger partial charge is 0.440 e. The second kappa shape index (κ2) is 6.75. The number of ether oxygens (including phenoxy) is 1. The van der Waals surface area contributed by atoms with Crippen molar-refractivity contribution < 1.29 is 13.9 Å². The Bertz CT molecular complexity index is 781. The smallest absolute Gasteiger partial charge is 0.395 e. The number of benzene rings is 2. The van der Waals surface area contributed by atoms with Gasteiger partial charge < -0.3 is 14.1 Å². The summed E-state index contributed by atoms with van der Waals surface area (Å²) >= 11 is 1.66. The topological polar surface area (TPSA) is 55.6 Å². The van der Waals surface area contributed by atoms with Crippen molar-refractivity contribution in [3.8, 4) is 6.08 Å². The molecule has 0 atom stereocenters. The van der Waals surface area contributed by atoms with Crippen LogP contribution in [-0.2, 0) is 4.79 Å².